The number of rotatable bonds is 4. The first kappa shape index (κ1) is 17.2. The molecule has 1 aliphatic heterocycles. The maximum absolute atomic E-state index is 12.6. The lowest BCUT2D eigenvalue weighted by atomic mass is 10.1. The van der Waals surface area contributed by atoms with Crippen LogP contribution in [0.2, 0.25) is 0 Å². The molecule has 0 atom stereocenters. The Balaban J connectivity index is 1.35. The number of carbonyl (C=O) groups is 1. The topological polar surface area (TPSA) is 81.7 Å². The molecule has 0 spiro atoms. The van der Waals surface area contributed by atoms with Gasteiger partial charge < -0.3 is 4.90 Å². The van der Waals surface area contributed by atoms with E-state index in [1.165, 1.54) is 16.9 Å². The zero-order chi connectivity index (χ0) is 19.0. The monoisotopic (exact) mass is 377 g/mol. The summed E-state index contributed by atoms with van der Waals surface area (Å²) in [5.41, 5.74) is 0.145. The normalized spacial score (nSPS) is 15.0. The smallest absolute Gasteiger partial charge is 0.334 e. The van der Waals surface area contributed by atoms with Gasteiger partial charge in [-0.3, -0.25) is 4.79 Å². The van der Waals surface area contributed by atoms with Crippen molar-refractivity contribution in [2.24, 2.45) is 0 Å². The molecule has 27 heavy (non-hydrogen) atoms. The lowest BCUT2D eigenvalue weighted by Gasteiger charge is -2.38. The lowest BCUT2D eigenvalue weighted by molar-refractivity contribution is -0.137. The average molecular weight is 377 g/mol. The van der Waals surface area contributed by atoms with Crippen molar-refractivity contribution in [3.05, 3.63) is 59.7 Å². The third-order valence-corrected chi connectivity index (χ3v) is 4.31. The Labute approximate surface area is 151 Å². The predicted octanol–water partition coefficient (Wildman–Crippen LogP) is 1.63. The van der Waals surface area contributed by atoms with Gasteiger partial charge in [0.1, 0.15) is 12.2 Å². The standard InChI is InChI=1S/C16H14F3N7O/c17-16(18,19)12-3-1-11(2-4-12)15(27)24-9-14(10-24)25-7-13(22-23-25)8-26-20-5-6-21-26/h1-7,14H,8-10H2. The molecule has 0 bridgehead atoms. The minimum absolute atomic E-state index is 0.0183. The summed E-state index contributed by atoms with van der Waals surface area (Å²) in [6.45, 7) is 1.24. The second-order valence-electron chi connectivity index (χ2n) is 6.19. The molecule has 2 aromatic heterocycles. The molecule has 8 nitrogen and oxygen atoms in total. The van der Waals surface area contributed by atoms with Crippen molar-refractivity contribution >= 4 is 5.91 Å². The van der Waals surface area contributed by atoms with E-state index in [-0.39, 0.29) is 17.5 Å². The number of nitrogens with zero attached hydrogens (tertiary/aromatic N) is 7. The number of amides is 1. The molecule has 0 saturated carbocycles. The zero-order valence-electron chi connectivity index (χ0n) is 13.9. The van der Waals surface area contributed by atoms with Crippen molar-refractivity contribution in [2.45, 2.75) is 18.8 Å². The molecular weight excluding hydrogens is 363 g/mol. The van der Waals surface area contributed by atoms with Crippen LogP contribution in [0.25, 0.3) is 0 Å². The Morgan fingerprint density at radius 2 is 1.78 bits per heavy atom. The Morgan fingerprint density at radius 3 is 2.41 bits per heavy atom. The maximum Gasteiger partial charge on any atom is 0.416 e. The number of hydrogen-bond acceptors (Lipinski definition) is 5. The maximum atomic E-state index is 12.6. The Hall–Kier alpha value is -3.24. The molecule has 0 unspecified atom stereocenters. The number of alkyl halides is 3. The van der Waals surface area contributed by atoms with Gasteiger partial charge in [0.05, 0.1) is 30.2 Å². The van der Waals surface area contributed by atoms with Crippen LogP contribution in [0.3, 0.4) is 0 Å². The van der Waals surface area contributed by atoms with Crippen LogP contribution >= 0.6 is 0 Å². The summed E-state index contributed by atoms with van der Waals surface area (Å²) in [6.07, 6.45) is 0.496. The summed E-state index contributed by atoms with van der Waals surface area (Å²) in [4.78, 5) is 15.4. The van der Waals surface area contributed by atoms with E-state index >= 15 is 0 Å². The zero-order valence-corrected chi connectivity index (χ0v) is 13.9. The molecule has 0 aliphatic carbocycles. The van der Waals surface area contributed by atoms with Crippen molar-refractivity contribution in [1.29, 1.82) is 0 Å². The van der Waals surface area contributed by atoms with Crippen LogP contribution in [0.15, 0.2) is 42.9 Å². The molecular formula is C16H14F3N7O. The quantitative estimate of drug-likeness (QED) is 0.690. The van der Waals surface area contributed by atoms with Gasteiger partial charge in [-0.2, -0.15) is 28.2 Å². The molecule has 1 aromatic carbocycles. The summed E-state index contributed by atoms with van der Waals surface area (Å²) in [5, 5.41) is 16.1. The number of carbonyl (C=O) groups excluding carboxylic acids is 1. The van der Waals surface area contributed by atoms with Gasteiger partial charge in [0, 0.05) is 18.7 Å². The number of aromatic nitrogens is 6. The van der Waals surface area contributed by atoms with Gasteiger partial charge in [0.25, 0.3) is 5.91 Å². The van der Waals surface area contributed by atoms with Crippen molar-refractivity contribution in [3.8, 4) is 0 Å². The first-order valence-electron chi connectivity index (χ1n) is 8.11. The van der Waals surface area contributed by atoms with Crippen LogP contribution in [-0.4, -0.2) is 53.9 Å². The van der Waals surface area contributed by atoms with E-state index in [4.69, 9.17) is 0 Å². The molecule has 0 radical (unpaired) electrons. The number of likely N-dealkylation sites (tertiary alicyclic amines) is 1. The molecule has 3 aromatic rings. The Kier molecular flexibility index (Phi) is 4.13. The third-order valence-electron chi connectivity index (χ3n) is 4.31. The Morgan fingerprint density at radius 1 is 1.11 bits per heavy atom. The number of hydrogen-bond donors (Lipinski definition) is 0. The first-order valence-corrected chi connectivity index (χ1v) is 8.11. The van der Waals surface area contributed by atoms with Crippen molar-refractivity contribution in [3.63, 3.8) is 0 Å². The van der Waals surface area contributed by atoms with Gasteiger partial charge in [0.2, 0.25) is 0 Å². The van der Waals surface area contributed by atoms with Gasteiger partial charge in [-0.15, -0.1) is 5.10 Å². The first-order chi connectivity index (χ1) is 12.9. The largest absolute Gasteiger partial charge is 0.416 e. The minimum Gasteiger partial charge on any atom is -0.334 e. The SMILES string of the molecule is O=C(c1ccc(C(F)(F)F)cc1)N1CC(n2cc(Cn3nccn3)nn2)C1. The van der Waals surface area contributed by atoms with Crippen molar-refractivity contribution in [1.82, 2.24) is 34.9 Å². The second-order valence-corrected chi connectivity index (χ2v) is 6.19. The van der Waals surface area contributed by atoms with E-state index in [1.807, 2.05) is 0 Å². The van der Waals surface area contributed by atoms with E-state index in [2.05, 4.69) is 20.5 Å². The van der Waals surface area contributed by atoms with Gasteiger partial charge in [-0.1, -0.05) is 5.21 Å². The van der Waals surface area contributed by atoms with E-state index in [0.29, 0.717) is 25.3 Å². The van der Waals surface area contributed by atoms with Crippen LogP contribution in [0.5, 0.6) is 0 Å². The van der Waals surface area contributed by atoms with Gasteiger partial charge in [-0.25, -0.2) is 4.68 Å². The summed E-state index contributed by atoms with van der Waals surface area (Å²) in [5.74, 6) is -0.305. The molecule has 1 aliphatic rings. The van der Waals surface area contributed by atoms with Crippen LogP contribution in [-0.2, 0) is 12.7 Å². The summed E-state index contributed by atoms with van der Waals surface area (Å²) in [6, 6.07) is 4.21. The predicted molar refractivity (Wildman–Crippen MR) is 85.5 cm³/mol. The molecule has 1 saturated heterocycles. The summed E-state index contributed by atoms with van der Waals surface area (Å²) < 4.78 is 39.5. The molecule has 1 amide bonds. The van der Waals surface area contributed by atoms with Gasteiger partial charge in [-0.05, 0) is 24.3 Å². The second kappa shape index (κ2) is 6.49. The highest BCUT2D eigenvalue weighted by atomic mass is 19.4. The average Bonchev–Trinajstić information content (AvgIpc) is 3.25. The molecule has 1 fully saturated rings. The van der Waals surface area contributed by atoms with Gasteiger partial charge >= 0.3 is 6.18 Å². The Bertz CT molecular complexity index is 928. The summed E-state index contributed by atoms with van der Waals surface area (Å²) in [7, 11) is 0. The molecule has 140 valence electrons. The highest BCUT2D eigenvalue weighted by Gasteiger charge is 2.34. The minimum atomic E-state index is -4.42. The van der Waals surface area contributed by atoms with E-state index in [9.17, 15) is 18.0 Å². The van der Waals surface area contributed by atoms with Crippen LogP contribution in [0, 0.1) is 0 Å². The lowest BCUT2D eigenvalue weighted by Crippen LogP contribution is -2.50. The third kappa shape index (κ3) is 3.52. The van der Waals surface area contributed by atoms with E-state index < -0.39 is 11.7 Å². The fourth-order valence-electron chi connectivity index (χ4n) is 2.81. The van der Waals surface area contributed by atoms with Crippen LogP contribution in [0.1, 0.15) is 27.7 Å². The van der Waals surface area contributed by atoms with Crippen molar-refractivity contribution in [2.75, 3.05) is 13.1 Å². The fourth-order valence-corrected chi connectivity index (χ4v) is 2.81. The van der Waals surface area contributed by atoms with Crippen LogP contribution in [0.4, 0.5) is 13.2 Å². The highest BCUT2D eigenvalue weighted by molar-refractivity contribution is 5.94. The fraction of sp³-hybridized carbons (Fsp3) is 0.312. The summed E-state index contributed by atoms with van der Waals surface area (Å²) >= 11 is 0. The molecule has 3 heterocycles. The van der Waals surface area contributed by atoms with E-state index in [0.717, 1.165) is 12.1 Å². The van der Waals surface area contributed by atoms with Gasteiger partial charge in [0.15, 0.2) is 0 Å². The van der Waals surface area contributed by atoms with Crippen molar-refractivity contribution < 1.29 is 18.0 Å². The van der Waals surface area contributed by atoms with Crippen LogP contribution < -0.4 is 0 Å². The van der Waals surface area contributed by atoms with E-state index in [1.54, 1.807) is 28.2 Å². The number of benzene rings is 1. The molecule has 0 N–H and O–H groups in total. The molecule has 11 heteroatoms. The highest BCUT2D eigenvalue weighted by Crippen LogP contribution is 2.30. The number of halogens is 3. The molecule has 4 rings (SSSR count).